The van der Waals surface area contributed by atoms with Crippen LogP contribution in [0.2, 0.25) is 0 Å². The molecule has 24 heavy (non-hydrogen) atoms. The molecule has 132 valence electrons. The topological polar surface area (TPSA) is 60.1 Å². The van der Waals surface area contributed by atoms with Crippen molar-refractivity contribution in [2.45, 2.75) is 18.9 Å². The van der Waals surface area contributed by atoms with E-state index in [0.717, 1.165) is 32.7 Å². The first kappa shape index (κ1) is 17.3. The summed E-state index contributed by atoms with van der Waals surface area (Å²) < 4.78 is 0. The Kier molecular flexibility index (Phi) is 6.12. The van der Waals surface area contributed by atoms with E-state index in [1.54, 1.807) is 0 Å². The SMILES string of the molecule is CN/C=C(\CNC)C1=CC2=CCNCC2C(NC2CCNCC2)=C1. The molecule has 0 aromatic heterocycles. The van der Waals surface area contributed by atoms with Gasteiger partial charge in [0, 0.05) is 50.5 Å². The molecule has 1 atom stereocenters. The van der Waals surface area contributed by atoms with Crippen molar-refractivity contribution in [2.24, 2.45) is 5.92 Å². The van der Waals surface area contributed by atoms with E-state index in [1.165, 1.54) is 35.3 Å². The summed E-state index contributed by atoms with van der Waals surface area (Å²) >= 11 is 0. The number of piperidine rings is 1. The Bertz CT molecular complexity index is 552. The third-order valence-electron chi connectivity index (χ3n) is 5.01. The van der Waals surface area contributed by atoms with Crippen LogP contribution < -0.4 is 26.6 Å². The average molecular weight is 329 g/mol. The van der Waals surface area contributed by atoms with Crippen LogP contribution in [-0.4, -0.2) is 52.9 Å². The summed E-state index contributed by atoms with van der Waals surface area (Å²) in [5, 5.41) is 17.3. The van der Waals surface area contributed by atoms with Crippen molar-refractivity contribution in [3.8, 4) is 0 Å². The van der Waals surface area contributed by atoms with E-state index in [-0.39, 0.29) is 0 Å². The maximum atomic E-state index is 3.86. The first-order valence-electron chi connectivity index (χ1n) is 9.14. The Morgan fingerprint density at radius 1 is 1.21 bits per heavy atom. The summed E-state index contributed by atoms with van der Waals surface area (Å²) in [6, 6.07) is 0.584. The van der Waals surface area contributed by atoms with Gasteiger partial charge in [-0.15, -0.1) is 0 Å². The monoisotopic (exact) mass is 329 g/mol. The zero-order valence-corrected chi connectivity index (χ0v) is 14.9. The Balaban J connectivity index is 1.85. The van der Waals surface area contributed by atoms with Crippen LogP contribution in [0.15, 0.2) is 46.8 Å². The second-order valence-electron chi connectivity index (χ2n) is 6.77. The number of hydrogen-bond acceptors (Lipinski definition) is 5. The molecule has 0 aromatic rings. The molecule has 1 aliphatic carbocycles. The lowest BCUT2D eigenvalue weighted by Gasteiger charge is -2.34. The van der Waals surface area contributed by atoms with Crippen molar-refractivity contribution in [1.29, 1.82) is 0 Å². The Hall–Kier alpha value is -1.56. The fourth-order valence-corrected chi connectivity index (χ4v) is 3.75. The second kappa shape index (κ2) is 8.51. The smallest absolute Gasteiger partial charge is 0.0360 e. The van der Waals surface area contributed by atoms with Gasteiger partial charge in [-0.1, -0.05) is 12.2 Å². The molecule has 3 rings (SSSR count). The summed E-state index contributed by atoms with van der Waals surface area (Å²) in [4.78, 5) is 0. The van der Waals surface area contributed by atoms with Gasteiger partial charge in [0.2, 0.25) is 0 Å². The van der Waals surface area contributed by atoms with Gasteiger partial charge in [-0.3, -0.25) is 0 Å². The first-order valence-corrected chi connectivity index (χ1v) is 9.14. The molecule has 0 spiro atoms. The molecular formula is C19H31N5. The molecule has 3 aliphatic rings. The van der Waals surface area contributed by atoms with E-state index in [1.807, 2.05) is 14.1 Å². The van der Waals surface area contributed by atoms with Crippen LogP contribution in [0.5, 0.6) is 0 Å². The standard InChI is InChI=1S/C19H31N5/c1-20-11-16(12-21-2)15-9-14-3-6-23-13-18(14)19(10-15)24-17-4-7-22-8-5-17/h3,9-11,17-18,20-24H,4-8,12-13H2,1-2H3/b16-11+. The molecule has 5 N–H and O–H groups in total. The molecule has 2 aliphatic heterocycles. The van der Waals surface area contributed by atoms with Gasteiger partial charge in [0.1, 0.15) is 0 Å². The molecule has 2 heterocycles. The Morgan fingerprint density at radius 2 is 2.04 bits per heavy atom. The molecule has 1 fully saturated rings. The zero-order valence-electron chi connectivity index (χ0n) is 14.9. The molecule has 0 saturated carbocycles. The number of rotatable bonds is 6. The van der Waals surface area contributed by atoms with E-state index >= 15 is 0 Å². The normalized spacial score (nSPS) is 25.3. The van der Waals surface area contributed by atoms with Crippen LogP contribution in [0.25, 0.3) is 0 Å². The fourth-order valence-electron chi connectivity index (χ4n) is 3.75. The lowest BCUT2D eigenvalue weighted by atomic mass is 9.83. The summed E-state index contributed by atoms with van der Waals surface area (Å²) in [6.45, 7) is 5.08. The lowest BCUT2D eigenvalue weighted by Crippen LogP contribution is -2.43. The summed E-state index contributed by atoms with van der Waals surface area (Å²) in [5.41, 5.74) is 5.42. The van der Waals surface area contributed by atoms with E-state index in [9.17, 15) is 0 Å². The predicted molar refractivity (Wildman–Crippen MR) is 101 cm³/mol. The number of likely N-dealkylation sites (N-methyl/N-ethyl adjacent to an activating group) is 1. The van der Waals surface area contributed by atoms with Crippen molar-refractivity contribution < 1.29 is 0 Å². The minimum absolute atomic E-state index is 0.461. The molecule has 0 bridgehead atoms. The van der Waals surface area contributed by atoms with Crippen molar-refractivity contribution in [3.05, 3.63) is 46.8 Å². The molecule has 1 saturated heterocycles. The zero-order chi connectivity index (χ0) is 16.8. The van der Waals surface area contributed by atoms with E-state index in [0.29, 0.717) is 12.0 Å². The first-order chi connectivity index (χ1) is 11.8. The maximum Gasteiger partial charge on any atom is 0.0360 e. The van der Waals surface area contributed by atoms with Gasteiger partial charge >= 0.3 is 0 Å². The van der Waals surface area contributed by atoms with Crippen molar-refractivity contribution >= 4 is 0 Å². The highest BCUT2D eigenvalue weighted by Gasteiger charge is 2.27. The molecule has 5 nitrogen and oxygen atoms in total. The lowest BCUT2D eigenvalue weighted by molar-refractivity contribution is 0.395. The van der Waals surface area contributed by atoms with E-state index < -0.39 is 0 Å². The van der Waals surface area contributed by atoms with Gasteiger partial charge < -0.3 is 26.6 Å². The van der Waals surface area contributed by atoms with Gasteiger partial charge in [0.15, 0.2) is 0 Å². The van der Waals surface area contributed by atoms with Crippen LogP contribution in [0.1, 0.15) is 12.8 Å². The van der Waals surface area contributed by atoms with Crippen LogP contribution in [0, 0.1) is 5.92 Å². The predicted octanol–water partition coefficient (Wildman–Crippen LogP) is 0.620. The van der Waals surface area contributed by atoms with Crippen molar-refractivity contribution in [1.82, 2.24) is 26.6 Å². The Morgan fingerprint density at radius 3 is 2.79 bits per heavy atom. The van der Waals surface area contributed by atoms with Crippen LogP contribution in [-0.2, 0) is 0 Å². The summed E-state index contributed by atoms with van der Waals surface area (Å²) in [5.74, 6) is 0.461. The van der Waals surface area contributed by atoms with Crippen LogP contribution in [0.4, 0.5) is 0 Å². The molecule has 0 amide bonds. The highest BCUT2D eigenvalue weighted by Crippen LogP contribution is 2.31. The van der Waals surface area contributed by atoms with Crippen LogP contribution >= 0.6 is 0 Å². The second-order valence-corrected chi connectivity index (χ2v) is 6.77. The number of allylic oxidation sites excluding steroid dienone is 2. The Labute approximate surface area is 145 Å². The average Bonchev–Trinajstić information content (AvgIpc) is 2.62. The molecular weight excluding hydrogens is 298 g/mol. The summed E-state index contributed by atoms with van der Waals surface area (Å²) in [6.07, 6.45) is 11.6. The fraction of sp³-hybridized carbons (Fsp3) is 0.579. The highest BCUT2D eigenvalue weighted by molar-refractivity contribution is 5.53. The third kappa shape index (κ3) is 4.09. The maximum absolute atomic E-state index is 3.86. The summed E-state index contributed by atoms with van der Waals surface area (Å²) in [7, 11) is 3.96. The largest absolute Gasteiger partial charge is 0.394 e. The van der Waals surface area contributed by atoms with Crippen molar-refractivity contribution in [2.75, 3.05) is 46.8 Å². The van der Waals surface area contributed by atoms with Gasteiger partial charge in [-0.05, 0) is 55.8 Å². The molecule has 1 unspecified atom stereocenters. The van der Waals surface area contributed by atoms with Gasteiger partial charge in [0.05, 0.1) is 0 Å². The quantitative estimate of drug-likeness (QED) is 0.495. The molecule has 0 aromatic carbocycles. The minimum atomic E-state index is 0.461. The number of hydrogen-bond donors (Lipinski definition) is 5. The van der Waals surface area contributed by atoms with E-state index in [4.69, 9.17) is 0 Å². The van der Waals surface area contributed by atoms with Gasteiger partial charge in [-0.2, -0.15) is 0 Å². The highest BCUT2D eigenvalue weighted by atomic mass is 15.0. The van der Waals surface area contributed by atoms with Gasteiger partial charge in [0.25, 0.3) is 0 Å². The number of fused-ring (bicyclic) bond motifs is 1. The molecule has 5 heteroatoms. The minimum Gasteiger partial charge on any atom is -0.394 e. The third-order valence-corrected chi connectivity index (χ3v) is 5.01. The van der Waals surface area contributed by atoms with Crippen LogP contribution in [0.3, 0.4) is 0 Å². The molecule has 0 radical (unpaired) electrons. The van der Waals surface area contributed by atoms with Crippen molar-refractivity contribution in [3.63, 3.8) is 0 Å². The van der Waals surface area contributed by atoms with Gasteiger partial charge in [-0.25, -0.2) is 0 Å². The number of nitrogens with one attached hydrogen (secondary N) is 5. The van der Waals surface area contributed by atoms with E-state index in [2.05, 4.69) is 51.0 Å².